The Morgan fingerprint density at radius 2 is 1.79 bits per heavy atom. The zero-order valence-corrected chi connectivity index (χ0v) is 20.3. The molecule has 0 aliphatic heterocycles. The van der Waals surface area contributed by atoms with Crippen molar-refractivity contribution >= 4 is 39.4 Å². The van der Waals surface area contributed by atoms with E-state index in [1.807, 2.05) is 37.3 Å². The molecule has 0 radical (unpaired) electrons. The van der Waals surface area contributed by atoms with E-state index in [4.69, 9.17) is 0 Å². The average Bonchev–Trinajstić information content (AvgIpc) is 3.43. The maximum Gasteiger partial charge on any atom is 0.267 e. The van der Waals surface area contributed by atoms with Gasteiger partial charge in [-0.25, -0.2) is 4.68 Å². The number of fused-ring (bicyclic) bond motifs is 1. The van der Waals surface area contributed by atoms with Gasteiger partial charge in [-0.1, -0.05) is 30.3 Å². The van der Waals surface area contributed by atoms with E-state index in [1.54, 1.807) is 29.5 Å². The Hall–Kier alpha value is -3.36. The summed E-state index contributed by atoms with van der Waals surface area (Å²) in [7, 11) is 0. The number of amides is 1. The Kier molecular flexibility index (Phi) is 6.26. The van der Waals surface area contributed by atoms with Crippen LogP contribution in [0.2, 0.25) is 0 Å². The molecular weight excluding hydrogens is 466 g/mol. The van der Waals surface area contributed by atoms with Crippen LogP contribution in [0.25, 0.3) is 10.6 Å². The molecule has 0 saturated carbocycles. The van der Waals surface area contributed by atoms with Crippen LogP contribution in [0.5, 0.6) is 0 Å². The first-order valence-corrected chi connectivity index (χ1v) is 12.8. The Bertz CT molecular complexity index is 1430. The molecule has 172 valence electrons. The molecule has 0 fully saturated rings. The first kappa shape index (κ1) is 22.4. The van der Waals surface area contributed by atoms with Crippen molar-refractivity contribution in [2.45, 2.75) is 39.2 Å². The summed E-state index contributed by atoms with van der Waals surface area (Å²) in [6, 6.07) is 16.2. The number of aromatic nitrogens is 2. The van der Waals surface area contributed by atoms with Crippen molar-refractivity contribution in [1.29, 1.82) is 0 Å². The Labute approximate surface area is 204 Å². The van der Waals surface area contributed by atoms with Gasteiger partial charge in [-0.15, -0.1) is 22.7 Å². The number of hydrogen-bond donors (Lipinski definition) is 1. The standard InChI is InChI=1S/C26H23N3O3S2/c1-16-11-13-21(33-16)19-12-14-23(31)29(28-19)15-22(30)27-26-24(18-9-5-6-10-20(18)34-26)25(32)17-7-3-2-4-8-17/h2-4,7-8,11-14H,5-6,9-10,15H2,1H3,(H,27,30). The van der Waals surface area contributed by atoms with Crippen LogP contribution >= 0.6 is 22.7 Å². The van der Waals surface area contributed by atoms with Crippen LogP contribution in [0.1, 0.15) is 44.1 Å². The van der Waals surface area contributed by atoms with Crippen molar-refractivity contribution in [3.63, 3.8) is 0 Å². The second-order valence-corrected chi connectivity index (χ2v) is 10.7. The van der Waals surface area contributed by atoms with Crippen molar-refractivity contribution in [2.75, 3.05) is 5.32 Å². The molecule has 5 rings (SSSR count). The molecule has 0 unspecified atom stereocenters. The molecule has 1 aromatic carbocycles. The molecule has 34 heavy (non-hydrogen) atoms. The second kappa shape index (κ2) is 9.48. The lowest BCUT2D eigenvalue weighted by Crippen LogP contribution is -2.29. The number of anilines is 1. The summed E-state index contributed by atoms with van der Waals surface area (Å²) >= 11 is 3.05. The summed E-state index contributed by atoms with van der Waals surface area (Å²) in [6.45, 7) is 1.78. The number of nitrogens with one attached hydrogen (secondary N) is 1. The van der Waals surface area contributed by atoms with E-state index in [9.17, 15) is 14.4 Å². The fourth-order valence-corrected chi connectivity index (χ4v) is 6.33. The smallest absolute Gasteiger partial charge is 0.267 e. The number of benzene rings is 1. The summed E-state index contributed by atoms with van der Waals surface area (Å²) in [4.78, 5) is 42.0. The van der Waals surface area contributed by atoms with Crippen molar-refractivity contribution in [1.82, 2.24) is 9.78 Å². The number of carbonyl (C=O) groups excluding carboxylic acids is 2. The normalized spacial score (nSPS) is 12.9. The van der Waals surface area contributed by atoms with E-state index in [0.717, 1.165) is 45.9 Å². The van der Waals surface area contributed by atoms with Crippen LogP contribution in [0.4, 0.5) is 5.00 Å². The lowest BCUT2D eigenvalue weighted by atomic mass is 9.92. The molecule has 1 aliphatic rings. The predicted octanol–water partition coefficient (Wildman–Crippen LogP) is 5.09. The molecular formula is C26H23N3O3S2. The van der Waals surface area contributed by atoms with Gasteiger partial charge in [0.15, 0.2) is 5.78 Å². The van der Waals surface area contributed by atoms with Gasteiger partial charge in [0.2, 0.25) is 5.91 Å². The average molecular weight is 490 g/mol. The summed E-state index contributed by atoms with van der Waals surface area (Å²) in [5.74, 6) is -0.463. The monoisotopic (exact) mass is 489 g/mol. The molecule has 6 nitrogen and oxygen atoms in total. The zero-order chi connectivity index (χ0) is 23.7. The van der Waals surface area contributed by atoms with Gasteiger partial charge in [-0.05, 0) is 56.4 Å². The van der Waals surface area contributed by atoms with E-state index in [2.05, 4.69) is 10.4 Å². The lowest BCUT2D eigenvalue weighted by Gasteiger charge is -2.13. The lowest BCUT2D eigenvalue weighted by molar-refractivity contribution is -0.116. The van der Waals surface area contributed by atoms with E-state index in [0.29, 0.717) is 21.8 Å². The van der Waals surface area contributed by atoms with Gasteiger partial charge >= 0.3 is 0 Å². The van der Waals surface area contributed by atoms with Crippen LogP contribution in [0, 0.1) is 6.92 Å². The highest BCUT2D eigenvalue weighted by Crippen LogP contribution is 2.39. The van der Waals surface area contributed by atoms with Gasteiger partial charge < -0.3 is 5.32 Å². The van der Waals surface area contributed by atoms with Crippen LogP contribution in [0.15, 0.2) is 59.4 Å². The number of aryl methyl sites for hydroxylation is 2. The van der Waals surface area contributed by atoms with E-state index in [-0.39, 0.29) is 23.8 Å². The predicted molar refractivity (Wildman–Crippen MR) is 136 cm³/mol. The van der Waals surface area contributed by atoms with Crippen LogP contribution in [0.3, 0.4) is 0 Å². The topological polar surface area (TPSA) is 81.1 Å². The highest BCUT2D eigenvalue weighted by molar-refractivity contribution is 7.17. The number of carbonyl (C=O) groups is 2. The van der Waals surface area contributed by atoms with E-state index in [1.165, 1.54) is 22.1 Å². The van der Waals surface area contributed by atoms with E-state index >= 15 is 0 Å². The Morgan fingerprint density at radius 3 is 2.56 bits per heavy atom. The molecule has 1 amide bonds. The Balaban J connectivity index is 1.43. The molecule has 0 atom stereocenters. The first-order chi connectivity index (χ1) is 16.5. The molecule has 0 saturated heterocycles. The van der Waals surface area contributed by atoms with Crippen LogP contribution in [-0.4, -0.2) is 21.5 Å². The molecule has 0 bridgehead atoms. The van der Waals surface area contributed by atoms with Crippen LogP contribution < -0.4 is 10.9 Å². The molecule has 8 heteroatoms. The summed E-state index contributed by atoms with van der Waals surface area (Å²) in [5, 5.41) is 7.88. The largest absolute Gasteiger partial charge is 0.315 e. The molecule has 4 aromatic rings. The van der Waals surface area contributed by atoms with Crippen molar-refractivity contribution in [3.05, 3.63) is 91.4 Å². The molecule has 3 aromatic heterocycles. The number of ketones is 1. The maximum atomic E-state index is 13.4. The highest BCUT2D eigenvalue weighted by atomic mass is 32.1. The van der Waals surface area contributed by atoms with Gasteiger partial charge in [0.1, 0.15) is 17.2 Å². The maximum absolute atomic E-state index is 13.4. The van der Waals surface area contributed by atoms with Gasteiger partial charge in [0.05, 0.1) is 10.4 Å². The number of nitrogens with zero attached hydrogens (tertiary/aromatic N) is 2. The van der Waals surface area contributed by atoms with Crippen molar-refractivity contribution in [3.8, 4) is 10.6 Å². The summed E-state index contributed by atoms with van der Waals surface area (Å²) in [5.41, 5.74) is 2.53. The third-order valence-electron chi connectivity index (χ3n) is 5.84. The minimum Gasteiger partial charge on any atom is -0.315 e. The summed E-state index contributed by atoms with van der Waals surface area (Å²) < 4.78 is 1.17. The fraction of sp³-hybridized carbons (Fsp3) is 0.231. The molecule has 1 N–H and O–H groups in total. The van der Waals surface area contributed by atoms with Gasteiger partial charge in [-0.3, -0.25) is 14.4 Å². The third kappa shape index (κ3) is 4.51. The van der Waals surface area contributed by atoms with Crippen molar-refractivity contribution in [2.24, 2.45) is 0 Å². The molecule has 0 spiro atoms. The molecule has 1 aliphatic carbocycles. The van der Waals surface area contributed by atoms with Gasteiger partial charge in [-0.2, -0.15) is 5.10 Å². The first-order valence-electron chi connectivity index (χ1n) is 11.2. The minimum atomic E-state index is -0.380. The van der Waals surface area contributed by atoms with Crippen LogP contribution in [-0.2, 0) is 24.2 Å². The van der Waals surface area contributed by atoms with E-state index < -0.39 is 0 Å². The zero-order valence-electron chi connectivity index (χ0n) is 18.7. The summed E-state index contributed by atoms with van der Waals surface area (Å²) in [6.07, 6.45) is 3.85. The fourth-order valence-electron chi connectivity index (χ4n) is 4.20. The molecule has 3 heterocycles. The van der Waals surface area contributed by atoms with Gasteiger partial charge in [0, 0.05) is 21.4 Å². The second-order valence-electron chi connectivity index (χ2n) is 8.28. The SMILES string of the molecule is Cc1ccc(-c2ccc(=O)n(CC(=O)Nc3sc4c(c3C(=O)c3ccccc3)CCCC4)n2)s1. The number of thiophene rings is 2. The van der Waals surface area contributed by atoms with Gasteiger partial charge in [0.25, 0.3) is 5.56 Å². The number of rotatable bonds is 6. The quantitative estimate of drug-likeness (QED) is 0.383. The van der Waals surface area contributed by atoms with Crippen molar-refractivity contribution < 1.29 is 9.59 Å². The highest BCUT2D eigenvalue weighted by Gasteiger charge is 2.27. The minimum absolute atomic E-state index is 0.0827. The Morgan fingerprint density at radius 1 is 1.00 bits per heavy atom. The third-order valence-corrected chi connectivity index (χ3v) is 8.07. The number of hydrogen-bond acceptors (Lipinski definition) is 6.